The number of aromatic nitrogens is 2. The van der Waals surface area contributed by atoms with Crippen LogP contribution in [0.1, 0.15) is 23.7 Å². The number of hydrogen-bond acceptors (Lipinski definition) is 3. The van der Waals surface area contributed by atoms with Gasteiger partial charge in [0, 0.05) is 5.92 Å². The molecule has 1 saturated heterocycles. The summed E-state index contributed by atoms with van der Waals surface area (Å²) in [4.78, 5) is 7.01. The predicted molar refractivity (Wildman–Crippen MR) is 67.1 cm³/mol. The van der Waals surface area contributed by atoms with Crippen LogP contribution in [-0.2, 0) is 16.0 Å². The van der Waals surface area contributed by atoms with Gasteiger partial charge in [0.15, 0.2) is 9.84 Å². The number of aromatic amines is 1. The molecule has 0 spiro atoms. The first-order valence-corrected chi connectivity index (χ1v) is 7.84. The minimum atomic E-state index is -4.41. The Morgan fingerprint density at radius 1 is 1.30 bits per heavy atom. The predicted octanol–water partition coefficient (Wildman–Crippen LogP) is 2.48. The largest absolute Gasteiger partial charge is 0.416 e. The smallest absolute Gasteiger partial charge is 0.342 e. The molecular weight excluding hydrogens is 293 g/mol. The van der Waals surface area contributed by atoms with Crippen molar-refractivity contribution in [3.63, 3.8) is 0 Å². The van der Waals surface area contributed by atoms with Gasteiger partial charge in [0.1, 0.15) is 5.82 Å². The lowest BCUT2D eigenvalue weighted by atomic mass is 10.1. The van der Waals surface area contributed by atoms with Crippen LogP contribution < -0.4 is 0 Å². The van der Waals surface area contributed by atoms with Gasteiger partial charge in [-0.05, 0) is 24.6 Å². The summed E-state index contributed by atoms with van der Waals surface area (Å²) in [5.41, 5.74) is -0.0596. The topological polar surface area (TPSA) is 62.8 Å². The number of nitrogens with one attached hydrogen (secondary N) is 1. The Morgan fingerprint density at radius 2 is 2.05 bits per heavy atom. The summed E-state index contributed by atoms with van der Waals surface area (Å²) in [5, 5.41) is 0. The van der Waals surface area contributed by atoms with Gasteiger partial charge in [-0.3, -0.25) is 0 Å². The maximum atomic E-state index is 12.6. The van der Waals surface area contributed by atoms with E-state index in [1.54, 1.807) is 0 Å². The molecule has 1 fully saturated rings. The average Bonchev–Trinajstić information content (AvgIpc) is 2.89. The molecule has 1 atom stereocenters. The summed E-state index contributed by atoms with van der Waals surface area (Å²) in [7, 11) is -3.05. The number of benzene rings is 1. The molecule has 1 aromatic carbocycles. The van der Waals surface area contributed by atoms with E-state index >= 15 is 0 Å². The van der Waals surface area contributed by atoms with Gasteiger partial charge in [0.25, 0.3) is 0 Å². The van der Waals surface area contributed by atoms with Crippen LogP contribution in [0.4, 0.5) is 13.2 Å². The summed E-state index contributed by atoms with van der Waals surface area (Å²) in [5.74, 6) is 0.281. The molecule has 0 amide bonds. The highest BCUT2D eigenvalue weighted by atomic mass is 32.2. The standard InChI is InChI=1S/C12H11F3N2O2S/c13-12(14,15)8-1-2-9-10(5-8)17-11(16-9)7-3-4-20(18,19)6-7/h1-2,5,7H,3-4,6H2,(H,16,17). The van der Waals surface area contributed by atoms with Crippen LogP contribution in [0.25, 0.3) is 11.0 Å². The molecule has 3 rings (SSSR count). The lowest BCUT2D eigenvalue weighted by Crippen LogP contribution is -2.05. The van der Waals surface area contributed by atoms with Crippen molar-refractivity contribution in [3.05, 3.63) is 29.6 Å². The van der Waals surface area contributed by atoms with Crippen LogP contribution in [0.5, 0.6) is 0 Å². The van der Waals surface area contributed by atoms with Crippen LogP contribution in [0.15, 0.2) is 18.2 Å². The molecule has 1 aliphatic heterocycles. The first-order chi connectivity index (χ1) is 9.24. The van der Waals surface area contributed by atoms with E-state index in [1.807, 2.05) is 0 Å². The molecule has 20 heavy (non-hydrogen) atoms. The van der Waals surface area contributed by atoms with Gasteiger partial charge in [-0.15, -0.1) is 0 Å². The Bertz CT molecular complexity index is 765. The zero-order valence-electron chi connectivity index (χ0n) is 10.2. The van der Waals surface area contributed by atoms with Crippen LogP contribution in [0.3, 0.4) is 0 Å². The Labute approximate surface area is 112 Å². The summed E-state index contributed by atoms with van der Waals surface area (Å²) in [6.45, 7) is 0. The van der Waals surface area contributed by atoms with Crippen molar-refractivity contribution in [3.8, 4) is 0 Å². The number of halogens is 3. The second-order valence-electron chi connectivity index (χ2n) is 4.95. The minimum absolute atomic E-state index is 0.00104. The normalized spacial score (nSPS) is 22.4. The van der Waals surface area contributed by atoms with Crippen molar-refractivity contribution in [2.75, 3.05) is 11.5 Å². The molecule has 1 aromatic heterocycles. The van der Waals surface area contributed by atoms with Gasteiger partial charge >= 0.3 is 6.18 Å². The average molecular weight is 304 g/mol. The lowest BCUT2D eigenvalue weighted by Gasteiger charge is -2.05. The van der Waals surface area contributed by atoms with Gasteiger partial charge in [-0.25, -0.2) is 13.4 Å². The number of fused-ring (bicyclic) bond motifs is 1. The van der Waals surface area contributed by atoms with Crippen molar-refractivity contribution >= 4 is 20.9 Å². The molecule has 1 N–H and O–H groups in total. The highest BCUT2D eigenvalue weighted by molar-refractivity contribution is 7.91. The first kappa shape index (κ1) is 13.4. The van der Waals surface area contributed by atoms with Gasteiger partial charge < -0.3 is 4.98 Å². The third-order valence-electron chi connectivity index (χ3n) is 3.45. The zero-order chi connectivity index (χ0) is 14.5. The van der Waals surface area contributed by atoms with E-state index in [4.69, 9.17) is 0 Å². The maximum Gasteiger partial charge on any atom is 0.416 e. The van der Waals surface area contributed by atoms with E-state index in [0.717, 1.165) is 12.1 Å². The Balaban J connectivity index is 1.99. The van der Waals surface area contributed by atoms with E-state index in [1.165, 1.54) is 6.07 Å². The fourth-order valence-corrected chi connectivity index (χ4v) is 4.16. The Hall–Kier alpha value is -1.57. The van der Waals surface area contributed by atoms with Gasteiger partial charge in [0.2, 0.25) is 0 Å². The van der Waals surface area contributed by atoms with E-state index in [9.17, 15) is 21.6 Å². The summed E-state index contributed by atoms with van der Waals surface area (Å²) < 4.78 is 60.7. The molecule has 1 unspecified atom stereocenters. The van der Waals surface area contributed by atoms with Crippen LogP contribution in [0.2, 0.25) is 0 Å². The number of H-pyrrole nitrogens is 1. The van der Waals surface area contributed by atoms with Crippen LogP contribution in [-0.4, -0.2) is 29.9 Å². The van der Waals surface area contributed by atoms with E-state index in [0.29, 0.717) is 17.8 Å². The summed E-state index contributed by atoms with van der Waals surface area (Å²) >= 11 is 0. The summed E-state index contributed by atoms with van der Waals surface area (Å²) in [6, 6.07) is 3.26. The van der Waals surface area contributed by atoms with Gasteiger partial charge in [-0.2, -0.15) is 13.2 Å². The lowest BCUT2D eigenvalue weighted by molar-refractivity contribution is -0.137. The van der Waals surface area contributed by atoms with Crippen LogP contribution in [0, 0.1) is 0 Å². The second kappa shape index (κ2) is 4.21. The van der Waals surface area contributed by atoms with E-state index in [2.05, 4.69) is 9.97 Å². The molecule has 2 aromatic rings. The Kier molecular flexibility index (Phi) is 2.82. The van der Waals surface area contributed by atoms with Crippen molar-refractivity contribution in [2.45, 2.75) is 18.5 Å². The number of hydrogen-bond donors (Lipinski definition) is 1. The fraction of sp³-hybridized carbons (Fsp3) is 0.417. The number of alkyl halides is 3. The van der Waals surface area contributed by atoms with Crippen molar-refractivity contribution in [2.24, 2.45) is 0 Å². The molecule has 4 nitrogen and oxygen atoms in total. The molecule has 0 radical (unpaired) electrons. The number of sulfone groups is 1. The molecular formula is C12H11F3N2O2S. The summed E-state index contributed by atoms with van der Waals surface area (Å²) in [6.07, 6.45) is -3.95. The number of nitrogens with zero attached hydrogens (tertiary/aromatic N) is 1. The third kappa shape index (κ3) is 2.39. The SMILES string of the molecule is O=S1(=O)CCC(c2nc3ccc(C(F)(F)F)cc3[nH]2)C1. The molecule has 2 heterocycles. The molecule has 8 heteroatoms. The highest BCUT2D eigenvalue weighted by Crippen LogP contribution is 2.32. The molecule has 108 valence electrons. The molecule has 1 aliphatic rings. The zero-order valence-corrected chi connectivity index (χ0v) is 11.1. The quantitative estimate of drug-likeness (QED) is 0.880. The number of imidazole rings is 1. The number of rotatable bonds is 1. The van der Waals surface area contributed by atoms with Gasteiger partial charge in [0.05, 0.1) is 28.1 Å². The third-order valence-corrected chi connectivity index (χ3v) is 5.21. The Morgan fingerprint density at radius 3 is 2.65 bits per heavy atom. The first-order valence-electron chi connectivity index (χ1n) is 6.02. The minimum Gasteiger partial charge on any atom is -0.342 e. The van der Waals surface area contributed by atoms with E-state index < -0.39 is 21.6 Å². The van der Waals surface area contributed by atoms with Crippen molar-refractivity contribution < 1.29 is 21.6 Å². The molecule has 0 aliphatic carbocycles. The molecule has 0 bridgehead atoms. The van der Waals surface area contributed by atoms with Crippen molar-refractivity contribution in [1.82, 2.24) is 9.97 Å². The maximum absolute atomic E-state index is 12.6. The highest BCUT2D eigenvalue weighted by Gasteiger charge is 2.33. The van der Waals surface area contributed by atoms with Gasteiger partial charge in [-0.1, -0.05) is 0 Å². The van der Waals surface area contributed by atoms with Crippen molar-refractivity contribution in [1.29, 1.82) is 0 Å². The monoisotopic (exact) mass is 304 g/mol. The fourth-order valence-electron chi connectivity index (χ4n) is 2.41. The second-order valence-corrected chi connectivity index (χ2v) is 7.18. The van der Waals surface area contributed by atoms with Crippen LogP contribution >= 0.6 is 0 Å². The van der Waals surface area contributed by atoms with E-state index in [-0.39, 0.29) is 22.9 Å². The molecule has 0 saturated carbocycles.